The van der Waals surface area contributed by atoms with Crippen LogP contribution in [0.2, 0.25) is 0 Å². The SMILES string of the molecule is COc1ccc(C(=O)OCC(=O)N(C)Cc2ccc(C)cc2C)cc1[N+](=O)[O-]. The maximum atomic E-state index is 12.3. The van der Waals surface area contributed by atoms with Crippen LogP contribution in [0.3, 0.4) is 0 Å². The molecule has 1 amide bonds. The molecule has 0 aliphatic carbocycles. The molecule has 2 aromatic carbocycles. The number of likely N-dealkylation sites (N-methyl/N-ethyl adjacent to an activating group) is 1. The second kappa shape index (κ2) is 8.98. The van der Waals surface area contributed by atoms with Gasteiger partial charge >= 0.3 is 11.7 Å². The summed E-state index contributed by atoms with van der Waals surface area (Å²) < 4.78 is 9.90. The fourth-order valence-corrected chi connectivity index (χ4v) is 2.65. The monoisotopic (exact) mass is 386 g/mol. The van der Waals surface area contributed by atoms with E-state index in [0.717, 1.165) is 22.8 Å². The average molecular weight is 386 g/mol. The predicted octanol–water partition coefficient (Wildman–Crippen LogP) is 3.04. The Kier molecular flexibility index (Phi) is 6.70. The molecular weight excluding hydrogens is 364 g/mol. The van der Waals surface area contributed by atoms with E-state index in [9.17, 15) is 19.7 Å². The lowest BCUT2D eigenvalue weighted by Crippen LogP contribution is -2.31. The summed E-state index contributed by atoms with van der Waals surface area (Å²) in [5, 5.41) is 11.0. The summed E-state index contributed by atoms with van der Waals surface area (Å²) in [5.41, 5.74) is 2.83. The van der Waals surface area contributed by atoms with Gasteiger partial charge < -0.3 is 14.4 Å². The number of nitro benzene ring substituents is 1. The number of hydrogen-bond donors (Lipinski definition) is 0. The molecule has 0 aromatic heterocycles. The summed E-state index contributed by atoms with van der Waals surface area (Å²) in [4.78, 5) is 36.2. The number of benzene rings is 2. The molecule has 0 aliphatic heterocycles. The van der Waals surface area contributed by atoms with Gasteiger partial charge in [-0.25, -0.2) is 4.79 Å². The van der Waals surface area contributed by atoms with Crippen molar-refractivity contribution in [2.24, 2.45) is 0 Å². The molecule has 0 unspecified atom stereocenters. The maximum absolute atomic E-state index is 12.3. The minimum Gasteiger partial charge on any atom is -0.490 e. The summed E-state index contributed by atoms with van der Waals surface area (Å²) >= 11 is 0. The standard InChI is InChI=1S/C20H22N2O6/c1-13-5-6-16(14(2)9-13)11-21(3)19(23)12-28-20(24)15-7-8-18(27-4)17(10-15)22(25)26/h5-10H,11-12H2,1-4H3. The fraction of sp³-hybridized carbons (Fsp3) is 0.300. The van der Waals surface area contributed by atoms with Crippen LogP contribution in [-0.4, -0.2) is 42.5 Å². The Labute approximate surface area is 162 Å². The number of nitro groups is 1. The van der Waals surface area contributed by atoms with Gasteiger partial charge in [0.2, 0.25) is 0 Å². The molecule has 0 aliphatic rings. The third-order valence-corrected chi connectivity index (χ3v) is 4.27. The molecular formula is C20H22N2O6. The molecule has 2 rings (SSSR count). The molecule has 8 heteroatoms. The van der Waals surface area contributed by atoms with E-state index in [4.69, 9.17) is 9.47 Å². The molecule has 0 fully saturated rings. The summed E-state index contributed by atoms with van der Waals surface area (Å²) in [6, 6.07) is 9.67. The minimum absolute atomic E-state index is 0.0302. The van der Waals surface area contributed by atoms with Crippen LogP contribution in [0.4, 0.5) is 5.69 Å². The number of ether oxygens (including phenoxy) is 2. The Hall–Kier alpha value is -3.42. The number of rotatable bonds is 7. The third-order valence-electron chi connectivity index (χ3n) is 4.27. The quantitative estimate of drug-likeness (QED) is 0.412. The average Bonchev–Trinajstić information content (AvgIpc) is 2.67. The van der Waals surface area contributed by atoms with Crippen LogP contribution < -0.4 is 4.74 Å². The fourth-order valence-electron chi connectivity index (χ4n) is 2.65. The van der Waals surface area contributed by atoms with Crippen LogP contribution in [0.1, 0.15) is 27.0 Å². The smallest absolute Gasteiger partial charge is 0.338 e. The summed E-state index contributed by atoms with van der Waals surface area (Å²) in [5.74, 6) is -1.17. The van der Waals surface area contributed by atoms with Gasteiger partial charge in [-0.15, -0.1) is 0 Å². The van der Waals surface area contributed by atoms with Crippen molar-refractivity contribution < 1.29 is 24.0 Å². The van der Waals surface area contributed by atoms with Crippen molar-refractivity contribution in [1.29, 1.82) is 0 Å². The van der Waals surface area contributed by atoms with E-state index >= 15 is 0 Å². The van der Waals surface area contributed by atoms with Crippen molar-refractivity contribution in [1.82, 2.24) is 4.90 Å². The lowest BCUT2D eigenvalue weighted by molar-refractivity contribution is -0.385. The van der Waals surface area contributed by atoms with E-state index in [0.29, 0.717) is 6.54 Å². The normalized spacial score (nSPS) is 10.3. The van der Waals surface area contributed by atoms with Crippen molar-refractivity contribution >= 4 is 17.6 Å². The predicted molar refractivity (Wildman–Crippen MR) is 102 cm³/mol. The van der Waals surface area contributed by atoms with Gasteiger partial charge in [0.05, 0.1) is 17.6 Å². The molecule has 8 nitrogen and oxygen atoms in total. The number of carbonyl (C=O) groups excluding carboxylic acids is 2. The zero-order valence-corrected chi connectivity index (χ0v) is 16.2. The van der Waals surface area contributed by atoms with Gasteiger partial charge in [-0.2, -0.15) is 0 Å². The Bertz CT molecular complexity index is 910. The molecule has 2 aromatic rings. The second-order valence-electron chi connectivity index (χ2n) is 6.40. The van der Waals surface area contributed by atoms with Crippen molar-refractivity contribution in [2.75, 3.05) is 20.8 Å². The van der Waals surface area contributed by atoms with Crippen molar-refractivity contribution in [3.8, 4) is 5.75 Å². The van der Waals surface area contributed by atoms with E-state index in [2.05, 4.69) is 0 Å². The molecule has 0 heterocycles. The van der Waals surface area contributed by atoms with Crippen LogP contribution in [-0.2, 0) is 16.1 Å². The van der Waals surface area contributed by atoms with Gasteiger partial charge in [0.15, 0.2) is 12.4 Å². The van der Waals surface area contributed by atoms with Crippen molar-refractivity contribution in [2.45, 2.75) is 20.4 Å². The molecule has 148 valence electrons. The highest BCUT2D eigenvalue weighted by Gasteiger charge is 2.20. The molecule has 0 bridgehead atoms. The highest BCUT2D eigenvalue weighted by molar-refractivity contribution is 5.92. The van der Waals surface area contributed by atoms with Gasteiger partial charge in [0.1, 0.15) is 0 Å². The molecule has 0 saturated heterocycles. The van der Waals surface area contributed by atoms with Gasteiger partial charge in [-0.05, 0) is 37.1 Å². The minimum atomic E-state index is -0.820. The Balaban J connectivity index is 1.99. The summed E-state index contributed by atoms with van der Waals surface area (Å²) in [6.45, 7) is 3.89. The first-order valence-corrected chi connectivity index (χ1v) is 8.52. The number of carbonyl (C=O) groups is 2. The zero-order valence-electron chi connectivity index (χ0n) is 16.2. The molecule has 0 radical (unpaired) electrons. The largest absolute Gasteiger partial charge is 0.490 e. The van der Waals surface area contributed by atoms with Gasteiger partial charge in [0, 0.05) is 19.7 Å². The van der Waals surface area contributed by atoms with Gasteiger partial charge in [-0.3, -0.25) is 14.9 Å². The Morgan fingerprint density at radius 3 is 2.46 bits per heavy atom. The first-order chi connectivity index (χ1) is 13.2. The molecule has 28 heavy (non-hydrogen) atoms. The Morgan fingerprint density at radius 1 is 1.14 bits per heavy atom. The van der Waals surface area contributed by atoms with Crippen LogP contribution in [0.15, 0.2) is 36.4 Å². The summed E-state index contributed by atoms with van der Waals surface area (Å²) in [6.07, 6.45) is 0. The Morgan fingerprint density at radius 2 is 1.86 bits per heavy atom. The number of esters is 1. The van der Waals surface area contributed by atoms with Gasteiger partial charge in [-0.1, -0.05) is 23.8 Å². The molecule has 0 N–H and O–H groups in total. The van der Waals surface area contributed by atoms with E-state index in [1.54, 1.807) is 7.05 Å². The lowest BCUT2D eigenvalue weighted by Gasteiger charge is -2.18. The summed E-state index contributed by atoms with van der Waals surface area (Å²) in [7, 11) is 2.91. The highest BCUT2D eigenvalue weighted by Crippen LogP contribution is 2.27. The topological polar surface area (TPSA) is 99.0 Å². The second-order valence-corrected chi connectivity index (χ2v) is 6.40. The van der Waals surface area contributed by atoms with Crippen LogP contribution >= 0.6 is 0 Å². The van der Waals surface area contributed by atoms with E-state index in [1.165, 1.54) is 24.1 Å². The van der Waals surface area contributed by atoms with Crippen LogP contribution in [0.25, 0.3) is 0 Å². The van der Waals surface area contributed by atoms with Crippen LogP contribution in [0, 0.1) is 24.0 Å². The molecule has 0 saturated carbocycles. The first-order valence-electron chi connectivity index (χ1n) is 8.52. The van der Waals surface area contributed by atoms with E-state index < -0.39 is 17.5 Å². The maximum Gasteiger partial charge on any atom is 0.338 e. The molecule has 0 atom stereocenters. The zero-order chi connectivity index (χ0) is 20.8. The van der Waals surface area contributed by atoms with E-state index in [-0.39, 0.29) is 22.9 Å². The highest BCUT2D eigenvalue weighted by atomic mass is 16.6. The number of nitrogens with zero attached hydrogens (tertiary/aromatic N) is 2. The number of aryl methyl sites for hydroxylation is 2. The number of hydrogen-bond acceptors (Lipinski definition) is 6. The van der Waals surface area contributed by atoms with Crippen molar-refractivity contribution in [3.63, 3.8) is 0 Å². The van der Waals surface area contributed by atoms with Gasteiger partial charge in [0.25, 0.3) is 5.91 Å². The lowest BCUT2D eigenvalue weighted by atomic mass is 10.1. The van der Waals surface area contributed by atoms with Crippen molar-refractivity contribution in [3.05, 3.63) is 68.8 Å². The van der Waals surface area contributed by atoms with Crippen LogP contribution in [0.5, 0.6) is 5.75 Å². The van der Waals surface area contributed by atoms with E-state index in [1.807, 2.05) is 32.0 Å². The first kappa shape index (κ1) is 20.9. The molecule has 0 spiro atoms. The number of amides is 1. The third kappa shape index (κ3) is 5.06. The number of methoxy groups -OCH3 is 1.